The Kier molecular flexibility index (Phi) is 5.04. The van der Waals surface area contributed by atoms with E-state index in [0.717, 1.165) is 6.92 Å². The van der Waals surface area contributed by atoms with Crippen molar-refractivity contribution < 1.29 is 18.0 Å². The number of carbonyl (C=O) groups excluding carboxylic acids is 2. The van der Waals surface area contributed by atoms with E-state index in [2.05, 4.69) is 25.5 Å². The fourth-order valence-electron chi connectivity index (χ4n) is 2.25. The maximum absolute atomic E-state index is 12.5. The Bertz CT molecular complexity index is 1130. The number of H-pyrrole nitrogens is 1. The van der Waals surface area contributed by atoms with Crippen LogP contribution < -0.4 is 15.8 Å². The highest BCUT2D eigenvalue weighted by Gasteiger charge is 2.18. The molecule has 0 spiro atoms. The first-order valence-electron chi connectivity index (χ1n) is 7.84. The third-order valence-electron chi connectivity index (χ3n) is 3.48. The van der Waals surface area contributed by atoms with Gasteiger partial charge in [0.25, 0.3) is 15.9 Å². The van der Waals surface area contributed by atoms with Crippen molar-refractivity contribution in [2.24, 2.45) is 0 Å². The van der Waals surface area contributed by atoms with E-state index >= 15 is 0 Å². The topological polar surface area (TPSA) is 173 Å². The molecule has 28 heavy (non-hydrogen) atoms. The number of carbonyl (C=O) groups is 2. The molecule has 0 atom stereocenters. The highest BCUT2D eigenvalue weighted by Crippen LogP contribution is 2.18. The number of nitrogens with one attached hydrogen (secondary N) is 3. The average Bonchev–Trinajstić information content (AvgIpc) is 3.16. The van der Waals surface area contributed by atoms with Gasteiger partial charge in [0.15, 0.2) is 11.5 Å². The molecule has 1 aromatic carbocycles. The van der Waals surface area contributed by atoms with Crippen molar-refractivity contribution in [1.82, 2.24) is 24.9 Å². The number of hydrogen-bond acceptors (Lipinski definition) is 8. The fraction of sp³-hybridized carbons (Fsp3) is 0.0625. The number of aromatic nitrogens is 4. The van der Waals surface area contributed by atoms with Crippen LogP contribution in [0.2, 0.25) is 0 Å². The molecule has 2 amide bonds. The maximum atomic E-state index is 12.5. The predicted molar refractivity (Wildman–Crippen MR) is 99.4 cm³/mol. The molecule has 144 valence electrons. The van der Waals surface area contributed by atoms with Gasteiger partial charge in [-0.1, -0.05) is 0 Å². The number of sulfonamides is 1. The van der Waals surface area contributed by atoms with Crippen molar-refractivity contribution in [3.05, 3.63) is 48.4 Å². The summed E-state index contributed by atoms with van der Waals surface area (Å²) in [6.07, 6.45) is 2.99. The minimum atomic E-state index is -3.96. The monoisotopic (exact) mass is 401 g/mol. The number of rotatable bonds is 5. The first kappa shape index (κ1) is 19.0. The van der Waals surface area contributed by atoms with Crippen LogP contribution in [0, 0.1) is 0 Å². The van der Waals surface area contributed by atoms with Crippen molar-refractivity contribution in [3.63, 3.8) is 0 Å². The molecule has 0 aliphatic heterocycles. The standard InChI is InChI=1S/C16H15N7O4S/c1-9(24)23-28(26,27)11-4-2-10(3-5-11)20-16(25)14-15(17)18-8-13(21-14)12-6-7-19-22-12/h2-8H,1H3,(H2,17,18)(H,19,22)(H,20,25)(H,23,24). The summed E-state index contributed by atoms with van der Waals surface area (Å²) in [5.74, 6) is -1.40. The van der Waals surface area contributed by atoms with Gasteiger partial charge in [-0.15, -0.1) is 0 Å². The molecule has 3 aromatic rings. The molecule has 0 radical (unpaired) electrons. The second kappa shape index (κ2) is 7.44. The number of nitrogens with two attached hydrogens (primary N) is 1. The van der Waals surface area contributed by atoms with Crippen LogP contribution in [-0.4, -0.2) is 40.4 Å². The van der Waals surface area contributed by atoms with Gasteiger partial charge in [-0.3, -0.25) is 14.7 Å². The molecular formula is C16H15N7O4S. The normalized spacial score (nSPS) is 11.0. The first-order chi connectivity index (χ1) is 13.3. The van der Waals surface area contributed by atoms with Crippen LogP contribution in [0.5, 0.6) is 0 Å². The lowest BCUT2D eigenvalue weighted by atomic mass is 10.2. The van der Waals surface area contributed by atoms with Crippen LogP contribution in [0.15, 0.2) is 47.6 Å². The van der Waals surface area contributed by atoms with Crippen LogP contribution in [-0.2, 0) is 14.8 Å². The molecule has 0 aliphatic carbocycles. The highest BCUT2D eigenvalue weighted by atomic mass is 32.2. The Balaban J connectivity index is 1.80. The van der Waals surface area contributed by atoms with Crippen molar-refractivity contribution in [3.8, 4) is 11.4 Å². The SMILES string of the molecule is CC(=O)NS(=O)(=O)c1ccc(NC(=O)c2nc(-c3cc[nH]n3)cnc2N)cc1. The van der Waals surface area contributed by atoms with E-state index in [1.165, 1.54) is 30.5 Å². The molecule has 2 aromatic heterocycles. The van der Waals surface area contributed by atoms with E-state index in [1.54, 1.807) is 12.3 Å². The van der Waals surface area contributed by atoms with E-state index < -0.39 is 21.8 Å². The van der Waals surface area contributed by atoms with Gasteiger partial charge in [0.1, 0.15) is 11.4 Å². The largest absolute Gasteiger partial charge is 0.382 e. The van der Waals surface area contributed by atoms with Crippen molar-refractivity contribution in [1.29, 1.82) is 0 Å². The Hall–Kier alpha value is -3.80. The zero-order valence-corrected chi connectivity index (χ0v) is 15.3. The molecule has 3 rings (SSSR count). The van der Waals surface area contributed by atoms with Gasteiger partial charge in [-0.05, 0) is 30.3 Å². The van der Waals surface area contributed by atoms with E-state index in [0.29, 0.717) is 17.1 Å². The van der Waals surface area contributed by atoms with Gasteiger partial charge in [-0.25, -0.2) is 23.1 Å². The Morgan fingerprint density at radius 3 is 2.43 bits per heavy atom. The summed E-state index contributed by atoms with van der Waals surface area (Å²) in [6, 6.07) is 6.89. The number of aromatic amines is 1. The third kappa shape index (κ3) is 4.12. The molecule has 0 saturated heterocycles. The Morgan fingerprint density at radius 2 is 1.82 bits per heavy atom. The lowest BCUT2D eigenvalue weighted by Crippen LogP contribution is -2.28. The minimum absolute atomic E-state index is 0.0679. The molecular weight excluding hydrogens is 386 g/mol. The van der Waals surface area contributed by atoms with Gasteiger partial charge in [-0.2, -0.15) is 5.10 Å². The summed E-state index contributed by atoms with van der Waals surface area (Å²) in [6.45, 7) is 1.09. The highest BCUT2D eigenvalue weighted by molar-refractivity contribution is 7.90. The molecule has 12 heteroatoms. The zero-order chi connectivity index (χ0) is 20.3. The molecule has 11 nitrogen and oxygen atoms in total. The molecule has 0 aliphatic rings. The summed E-state index contributed by atoms with van der Waals surface area (Å²) in [4.78, 5) is 31.5. The average molecular weight is 401 g/mol. The van der Waals surface area contributed by atoms with E-state index in [1.807, 2.05) is 4.72 Å². The van der Waals surface area contributed by atoms with E-state index in [-0.39, 0.29) is 16.4 Å². The smallest absolute Gasteiger partial charge is 0.278 e. The van der Waals surface area contributed by atoms with Crippen molar-refractivity contribution >= 4 is 33.3 Å². The molecule has 2 heterocycles. The number of amides is 2. The van der Waals surface area contributed by atoms with Gasteiger partial charge in [0.05, 0.1) is 11.1 Å². The number of anilines is 2. The maximum Gasteiger partial charge on any atom is 0.278 e. The van der Waals surface area contributed by atoms with Crippen LogP contribution in [0.4, 0.5) is 11.5 Å². The number of nitrogens with zero attached hydrogens (tertiary/aromatic N) is 3. The van der Waals surface area contributed by atoms with Crippen LogP contribution in [0.1, 0.15) is 17.4 Å². The summed E-state index contributed by atoms with van der Waals surface area (Å²) in [5, 5.41) is 9.16. The molecule has 0 bridgehead atoms. The molecule has 0 fully saturated rings. The number of nitrogen functional groups attached to an aromatic ring is 1. The van der Waals surface area contributed by atoms with Crippen molar-refractivity contribution in [2.45, 2.75) is 11.8 Å². The third-order valence-corrected chi connectivity index (χ3v) is 4.93. The summed E-state index contributed by atoms with van der Waals surface area (Å²) in [5.41, 5.74) is 6.80. The van der Waals surface area contributed by atoms with E-state index in [4.69, 9.17) is 5.73 Å². The lowest BCUT2D eigenvalue weighted by molar-refractivity contribution is -0.117. The quantitative estimate of drug-likeness (QED) is 0.479. The lowest BCUT2D eigenvalue weighted by Gasteiger charge is -2.09. The van der Waals surface area contributed by atoms with Crippen LogP contribution >= 0.6 is 0 Å². The predicted octanol–water partition coefficient (Wildman–Crippen LogP) is 0.526. The van der Waals surface area contributed by atoms with Gasteiger partial charge >= 0.3 is 0 Å². The van der Waals surface area contributed by atoms with Crippen LogP contribution in [0.25, 0.3) is 11.4 Å². The van der Waals surface area contributed by atoms with Gasteiger partial charge < -0.3 is 11.1 Å². The summed E-state index contributed by atoms with van der Waals surface area (Å²) in [7, 11) is -3.96. The van der Waals surface area contributed by atoms with Gasteiger partial charge in [0, 0.05) is 18.8 Å². The molecule has 0 unspecified atom stereocenters. The number of benzene rings is 1. The Morgan fingerprint density at radius 1 is 1.11 bits per heavy atom. The van der Waals surface area contributed by atoms with Crippen LogP contribution in [0.3, 0.4) is 0 Å². The Labute approximate surface area is 159 Å². The van der Waals surface area contributed by atoms with E-state index in [9.17, 15) is 18.0 Å². The second-order valence-electron chi connectivity index (χ2n) is 5.59. The zero-order valence-electron chi connectivity index (χ0n) is 14.5. The minimum Gasteiger partial charge on any atom is -0.382 e. The summed E-state index contributed by atoms with van der Waals surface area (Å²) >= 11 is 0. The molecule has 0 saturated carbocycles. The second-order valence-corrected chi connectivity index (χ2v) is 7.27. The van der Waals surface area contributed by atoms with Crippen molar-refractivity contribution in [2.75, 3.05) is 11.1 Å². The first-order valence-corrected chi connectivity index (χ1v) is 9.32. The summed E-state index contributed by atoms with van der Waals surface area (Å²) < 4.78 is 25.7. The fourth-order valence-corrected chi connectivity index (χ4v) is 3.24. The number of hydrogen-bond donors (Lipinski definition) is 4. The molecule has 5 N–H and O–H groups in total. The van der Waals surface area contributed by atoms with Gasteiger partial charge in [0.2, 0.25) is 5.91 Å².